The van der Waals surface area contributed by atoms with E-state index in [2.05, 4.69) is 202 Å². The highest BCUT2D eigenvalue weighted by Gasteiger charge is 2.28. The highest BCUT2D eigenvalue weighted by Crippen LogP contribution is 2.53. The lowest BCUT2D eigenvalue weighted by Crippen LogP contribution is -2.17. The largest absolute Gasteiger partial charge is 0.456 e. The van der Waals surface area contributed by atoms with Crippen LogP contribution in [0.3, 0.4) is 0 Å². The fraction of sp³-hybridized carbons (Fsp3) is 0. The fourth-order valence-electron chi connectivity index (χ4n) is 8.87. The molecule has 0 unspecified atom stereocenters. The van der Waals surface area contributed by atoms with E-state index in [1.807, 2.05) is 24.3 Å². The molecule has 59 heavy (non-hydrogen) atoms. The molecule has 2 aromatic heterocycles. The van der Waals surface area contributed by atoms with Crippen molar-refractivity contribution in [3.8, 4) is 28.3 Å². The molecule has 0 amide bonds. The summed E-state index contributed by atoms with van der Waals surface area (Å²) in [5, 5.41) is 4.63. The molecule has 0 bridgehead atoms. The molecule has 278 valence electrons. The maximum Gasteiger partial charge on any atom is 0.153 e. The van der Waals surface area contributed by atoms with E-state index < -0.39 is 0 Å². The van der Waals surface area contributed by atoms with Crippen molar-refractivity contribution in [3.63, 3.8) is 0 Å². The first-order valence-corrected chi connectivity index (χ1v) is 19.9. The van der Waals surface area contributed by atoms with Crippen LogP contribution in [-0.4, -0.2) is 4.57 Å². The molecule has 9 aromatic carbocycles. The third-order valence-electron chi connectivity index (χ3n) is 11.5. The lowest BCUT2D eigenvalue weighted by Gasteiger charge is -2.34. The zero-order valence-electron chi connectivity index (χ0n) is 31.9. The van der Waals surface area contributed by atoms with E-state index in [-0.39, 0.29) is 0 Å². The smallest absolute Gasteiger partial charge is 0.153 e. The van der Waals surface area contributed by atoms with Crippen LogP contribution >= 0.6 is 0 Å². The molecule has 1 aliphatic rings. The minimum atomic E-state index is 0.759. The second-order valence-corrected chi connectivity index (χ2v) is 15.0. The molecule has 12 rings (SSSR count). The standard InChI is InChI=1S/C54H35N3O2/c1-3-14-36(15-4-1)37-16-13-19-39(32-37)55(40-26-29-44-43-20-7-9-22-47(43)56(50(44)33-40)38-17-5-2-6-18-38)41-28-31-49-54(35-41)59-52-25-12-10-23-48(52)57(49)42-27-30-46-45-21-8-11-24-51(45)58-53(46)34-42/h1-35H. The van der Waals surface area contributed by atoms with Gasteiger partial charge in [-0.15, -0.1) is 0 Å². The molecule has 0 saturated heterocycles. The van der Waals surface area contributed by atoms with E-state index in [4.69, 9.17) is 9.15 Å². The molecule has 3 heterocycles. The first-order valence-electron chi connectivity index (χ1n) is 19.9. The number of nitrogens with zero attached hydrogens (tertiary/aromatic N) is 3. The number of rotatable bonds is 6. The Morgan fingerprint density at radius 2 is 1.00 bits per heavy atom. The minimum Gasteiger partial charge on any atom is -0.456 e. The summed E-state index contributed by atoms with van der Waals surface area (Å²) in [7, 11) is 0. The monoisotopic (exact) mass is 757 g/mol. The Morgan fingerprint density at radius 3 is 1.90 bits per heavy atom. The number of aromatic nitrogens is 1. The Kier molecular flexibility index (Phi) is 7.47. The van der Waals surface area contributed by atoms with E-state index in [9.17, 15) is 0 Å². The van der Waals surface area contributed by atoms with Crippen molar-refractivity contribution in [2.24, 2.45) is 0 Å². The van der Waals surface area contributed by atoms with E-state index in [0.717, 1.165) is 89.9 Å². The molecule has 5 heteroatoms. The van der Waals surface area contributed by atoms with Crippen molar-refractivity contribution < 1.29 is 9.15 Å². The van der Waals surface area contributed by atoms with Crippen LogP contribution in [0, 0.1) is 0 Å². The maximum absolute atomic E-state index is 6.81. The van der Waals surface area contributed by atoms with Crippen molar-refractivity contribution in [3.05, 3.63) is 212 Å². The number of furan rings is 1. The van der Waals surface area contributed by atoms with E-state index in [0.29, 0.717) is 0 Å². The molecule has 11 aromatic rings. The Morgan fingerprint density at radius 1 is 0.356 bits per heavy atom. The maximum atomic E-state index is 6.81. The summed E-state index contributed by atoms with van der Waals surface area (Å²) in [6.45, 7) is 0. The van der Waals surface area contributed by atoms with Gasteiger partial charge in [-0.3, -0.25) is 0 Å². The van der Waals surface area contributed by atoms with Gasteiger partial charge in [0.05, 0.1) is 28.1 Å². The van der Waals surface area contributed by atoms with E-state index >= 15 is 0 Å². The Balaban J connectivity index is 1.05. The van der Waals surface area contributed by atoms with Gasteiger partial charge in [-0.25, -0.2) is 0 Å². The second kappa shape index (κ2) is 13.3. The number of para-hydroxylation sites is 5. The molecule has 1 aliphatic heterocycles. The van der Waals surface area contributed by atoms with Gasteiger partial charge in [-0.2, -0.15) is 0 Å². The summed E-state index contributed by atoms with van der Waals surface area (Å²) in [5.74, 6) is 1.54. The Hall–Kier alpha value is -8.02. The average molecular weight is 758 g/mol. The second-order valence-electron chi connectivity index (χ2n) is 15.0. The SMILES string of the molecule is c1ccc(-c2cccc(N(c3ccc4c(c3)Oc3ccccc3N4c3ccc4c(c3)oc3ccccc34)c3ccc4c5ccccc5n(-c5ccccc5)c4c3)c2)cc1. The van der Waals surface area contributed by atoms with Crippen LogP contribution in [0.2, 0.25) is 0 Å². The number of anilines is 6. The lowest BCUT2D eigenvalue weighted by molar-refractivity contribution is 0.477. The van der Waals surface area contributed by atoms with Gasteiger partial charge in [0.15, 0.2) is 11.5 Å². The summed E-state index contributed by atoms with van der Waals surface area (Å²) < 4.78 is 15.6. The predicted molar refractivity (Wildman–Crippen MR) is 243 cm³/mol. The minimum absolute atomic E-state index is 0.759. The van der Waals surface area contributed by atoms with Crippen molar-refractivity contribution in [2.45, 2.75) is 0 Å². The molecule has 0 fully saturated rings. The number of hydrogen-bond donors (Lipinski definition) is 0. The Bertz CT molecular complexity index is 3380. The summed E-state index contributed by atoms with van der Waals surface area (Å²) in [4.78, 5) is 4.61. The molecule has 0 radical (unpaired) electrons. The van der Waals surface area contributed by atoms with Gasteiger partial charge in [-0.05, 0) is 96.1 Å². The normalized spacial score (nSPS) is 12.2. The van der Waals surface area contributed by atoms with Crippen LogP contribution < -0.4 is 14.5 Å². The quantitative estimate of drug-likeness (QED) is 0.169. The van der Waals surface area contributed by atoms with Gasteiger partial charge in [-0.1, -0.05) is 115 Å². The van der Waals surface area contributed by atoms with Crippen LogP contribution in [0.5, 0.6) is 11.5 Å². The zero-order valence-corrected chi connectivity index (χ0v) is 31.9. The summed E-state index contributed by atoms with van der Waals surface area (Å²) in [5.41, 5.74) is 13.4. The predicted octanol–water partition coefficient (Wildman–Crippen LogP) is 15.4. The van der Waals surface area contributed by atoms with Gasteiger partial charge >= 0.3 is 0 Å². The van der Waals surface area contributed by atoms with Crippen LogP contribution in [-0.2, 0) is 0 Å². The fourth-order valence-corrected chi connectivity index (χ4v) is 8.87. The topological polar surface area (TPSA) is 33.8 Å². The molecule has 0 spiro atoms. The molecule has 0 atom stereocenters. The first kappa shape index (κ1) is 33.2. The van der Waals surface area contributed by atoms with E-state index in [1.54, 1.807) is 0 Å². The summed E-state index contributed by atoms with van der Waals surface area (Å²) in [6.07, 6.45) is 0. The molecule has 0 N–H and O–H groups in total. The highest BCUT2D eigenvalue weighted by atomic mass is 16.5. The molecular weight excluding hydrogens is 723 g/mol. The van der Waals surface area contributed by atoms with Gasteiger partial charge in [0, 0.05) is 56.4 Å². The number of ether oxygens (including phenoxy) is 1. The van der Waals surface area contributed by atoms with Crippen LogP contribution in [0.4, 0.5) is 34.1 Å². The number of fused-ring (bicyclic) bond motifs is 8. The zero-order chi connectivity index (χ0) is 38.9. The van der Waals surface area contributed by atoms with Gasteiger partial charge in [0.25, 0.3) is 0 Å². The van der Waals surface area contributed by atoms with Crippen molar-refractivity contribution in [2.75, 3.05) is 9.80 Å². The molecule has 5 nitrogen and oxygen atoms in total. The highest BCUT2D eigenvalue weighted by molar-refractivity contribution is 6.11. The number of benzene rings is 9. The van der Waals surface area contributed by atoms with Crippen LogP contribution in [0.25, 0.3) is 60.6 Å². The van der Waals surface area contributed by atoms with Crippen molar-refractivity contribution in [1.82, 2.24) is 4.57 Å². The van der Waals surface area contributed by atoms with Crippen LogP contribution in [0.15, 0.2) is 217 Å². The van der Waals surface area contributed by atoms with Gasteiger partial charge in [0.1, 0.15) is 11.2 Å². The van der Waals surface area contributed by atoms with Gasteiger partial charge in [0.2, 0.25) is 0 Å². The summed E-state index contributed by atoms with van der Waals surface area (Å²) >= 11 is 0. The molecule has 0 saturated carbocycles. The van der Waals surface area contributed by atoms with Crippen molar-refractivity contribution in [1.29, 1.82) is 0 Å². The first-order chi connectivity index (χ1) is 29.2. The molecule has 0 aliphatic carbocycles. The molecular formula is C54H35N3O2. The van der Waals surface area contributed by atoms with E-state index in [1.165, 1.54) is 16.3 Å². The summed E-state index contributed by atoms with van der Waals surface area (Å²) in [6, 6.07) is 74.9. The van der Waals surface area contributed by atoms with Crippen LogP contribution in [0.1, 0.15) is 0 Å². The lowest BCUT2D eigenvalue weighted by atomic mass is 10.0. The van der Waals surface area contributed by atoms with Gasteiger partial charge < -0.3 is 23.5 Å². The number of hydrogen-bond acceptors (Lipinski definition) is 4. The Labute approximate surface area is 340 Å². The third-order valence-corrected chi connectivity index (χ3v) is 11.5. The third kappa shape index (κ3) is 5.40. The van der Waals surface area contributed by atoms with Crippen molar-refractivity contribution >= 4 is 77.9 Å². The average Bonchev–Trinajstić information content (AvgIpc) is 3.84.